The van der Waals surface area contributed by atoms with Crippen molar-refractivity contribution in [2.45, 2.75) is 50.8 Å². The third-order valence-corrected chi connectivity index (χ3v) is 8.41. The molecule has 0 bridgehead atoms. The third kappa shape index (κ3) is 6.76. The lowest BCUT2D eigenvalue weighted by Crippen LogP contribution is -2.50. The van der Waals surface area contributed by atoms with E-state index in [0.29, 0.717) is 5.02 Å². The minimum absolute atomic E-state index is 0.0341. The number of aliphatic hydroxyl groups is 1. The van der Waals surface area contributed by atoms with Gasteiger partial charge in [-0.05, 0) is 57.2 Å². The summed E-state index contributed by atoms with van der Waals surface area (Å²) in [5.74, 6) is -0.552. The first-order valence-corrected chi connectivity index (χ1v) is 14.2. The highest BCUT2D eigenvalue weighted by Crippen LogP contribution is 2.35. The minimum atomic E-state index is -3.87. The summed E-state index contributed by atoms with van der Waals surface area (Å²) in [6, 6.07) is 9.63. The number of sulfonamides is 1. The number of carbonyl (C=O) groups excluding carboxylic acids is 2. The van der Waals surface area contributed by atoms with Crippen LogP contribution in [0.2, 0.25) is 5.02 Å². The molecule has 208 valence electrons. The van der Waals surface area contributed by atoms with E-state index in [1.54, 1.807) is 30.0 Å². The maximum Gasteiger partial charge on any atom is 0.319 e. The van der Waals surface area contributed by atoms with E-state index in [9.17, 15) is 23.1 Å². The van der Waals surface area contributed by atoms with Crippen molar-refractivity contribution in [3.63, 3.8) is 0 Å². The number of para-hydroxylation sites is 1. The van der Waals surface area contributed by atoms with Crippen molar-refractivity contribution in [2.75, 3.05) is 32.1 Å². The van der Waals surface area contributed by atoms with E-state index in [1.807, 2.05) is 20.8 Å². The van der Waals surface area contributed by atoms with Crippen LogP contribution in [0.1, 0.15) is 38.1 Å². The Labute approximate surface area is 229 Å². The van der Waals surface area contributed by atoms with Gasteiger partial charge in [-0.15, -0.1) is 0 Å². The average molecular weight is 567 g/mol. The van der Waals surface area contributed by atoms with Gasteiger partial charge in [0.05, 0.1) is 35.3 Å². The zero-order chi connectivity index (χ0) is 28.2. The maximum atomic E-state index is 13.5. The molecule has 0 saturated carbocycles. The van der Waals surface area contributed by atoms with Crippen molar-refractivity contribution < 1.29 is 27.9 Å². The monoisotopic (exact) mass is 566 g/mol. The summed E-state index contributed by atoms with van der Waals surface area (Å²) >= 11 is 5.93. The van der Waals surface area contributed by atoms with E-state index in [2.05, 4.69) is 10.6 Å². The lowest BCUT2D eigenvalue weighted by Gasteiger charge is -2.38. The summed E-state index contributed by atoms with van der Waals surface area (Å²) in [6.45, 7) is 7.16. The zero-order valence-corrected chi connectivity index (χ0v) is 23.7. The van der Waals surface area contributed by atoms with E-state index < -0.39 is 28.2 Å². The van der Waals surface area contributed by atoms with Gasteiger partial charge < -0.3 is 25.4 Å². The molecule has 0 unspecified atom stereocenters. The standard InChI is InChI=1S/C26H35ClN4O6S/c1-16(2)28-26(34)29-22-8-6-7-21-24(22)37-23(17(3)13-31(25(21)33)18(4)15-32)14-30(5)38(35,36)20-11-9-19(27)10-12-20/h6-12,16-18,23,32H,13-15H2,1-5H3,(H2,28,29,34)/t17-,18-,23-/m0/s1. The zero-order valence-electron chi connectivity index (χ0n) is 22.1. The van der Waals surface area contributed by atoms with Gasteiger partial charge in [0, 0.05) is 30.6 Å². The Morgan fingerprint density at radius 1 is 1.21 bits per heavy atom. The molecular weight excluding hydrogens is 532 g/mol. The fourth-order valence-corrected chi connectivity index (χ4v) is 5.43. The molecule has 0 aliphatic carbocycles. The van der Waals surface area contributed by atoms with Crippen molar-refractivity contribution in [3.8, 4) is 5.75 Å². The quantitative estimate of drug-likeness (QED) is 0.449. The maximum absolute atomic E-state index is 13.5. The SMILES string of the molecule is CC(C)NC(=O)Nc1cccc2c1O[C@@H](CN(C)S(=O)(=O)c1ccc(Cl)cc1)[C@@H](C)CN([C@@H](C)CO)C2=O. The molecule has 0 spiro atoms. The Bertz CT molecular complexity index is 1250. The van der Waals surface area contributed by atoms with Crippen molar-refractivity contribution in [1.29, 1.82) is 0 Å². The molecule has 38 heavy (non-hydrogen) atoms. The molecule has 1 aliphatic rings. The molecule has 3 N–H and O–H groups in total. The van der Waals surface area contributed by atoms with Gasteiger partial charge in [0.1, 0.15) is 6.10 Å². The largest absolute Gasteiger partial charge is 0.486 e. The Kier molecular flexibility index (Phi) is 9.64. The van der Waals surface area contributed by atoms with Gasteiger partial charge in [-0.1, -0.05) is 24.6 Å². The summed E-state index contributed by atoms with van der Waals surface area (Å²) in [7, 11) is -2.41. The number of likely N-dealkylation sites (N-methyl/N-ethyl adjacent to an activating group) is 1. The van der Waals surface area contributed by atoms with E-state index in [4.69, 9.17) is 16.3 Å². The Morgan fingerprint density at radius 3 is 2.47 bits per heavy atom. The van der Waals surface area contributed by atoms with Crippen LogP contribution in [0.3, 0.4) is 0 Å². The topological polar surface area (TPSA) is 128 Å². The summed E-state index contributed by atoms with van der Waals surface area (Å²) < 4.78 is 34.1. The number of aliphatic hydroxyl groups excluding tert-OH is 1. The van der Waals surface area contributed by atoms with E-state index in [0.717, 1.165) is 0 Å². The van der Waals surface area contributed by atoms with Gasteiger partial charge >= 0.3 is 6.03 Å². The summed E-state index contributed by atoms with van der Waals surface area (Å²) in [5.41, 5.74) is 0.473. The van der Waals surface area contributed by atoms with Crippen LogP contribution in [0.4, 0.5) is 10.5 Å². The van der Waals surface area contributed by atoms with Gasteiger partial charge in [-0.2, -0.15) is 4.31 Å². The van der Waals surface area contributed by atoms with E-state index in [1.165, 1.54) is 35.6 Å². The number of halogens is 1. The second-order valence-electron chi connectivity index (χ2n) is 9.80. The highest BCUT2D eigenvalue weighted by Gasteiger charge is 2.36. The molecule has 3 atom stereocenters. The summed E-state index contributed by atoms with van der Waals surface area (Å²) in [6.07, 6.45) is -0.696. The minimum Gasteiger partial charge on any atom is -0.486 e. The molecule has 1 heterocycles. The second-order valence-corrected chi connectivity index (χ2v) is 12.3. The lowest BCUT2D eigenvalue weighted by atomic mass is 9.99. The van der Waals surface area contributed by atoms with Crippen LogP contribution in [-0.4, -0.2) is 79.6 Å². The van der Waals surface area contributed by atoms with Gasteiger partial charge in [-0.3, -0.25) is 4.79 Å². The van der Waals surface area contributed by atoms with Gasteiger partial charge in [0.2, 0.25) is 10.0 Å². The Morgan fingerprint density at radius 2 is 1.87 bits per heavy atom. The molecule has 0 aromatic heterocycles. The number of carbonyl (C=O) groups is 2. The normalized spacial score (nSPS) is 18.9. The molecule has 0 saturated heterocycles. The Balaban J connectivity index is 2.02. The molecule has 1 aliphatic heterocycles. The lowest BCUT2D eigenvalue weighted by molar-refractivity contribution is 0.0389. The van der Waals surface area contributed by atoms with Gasteiger partial charge in [0.25, 0.3) is 5.91 Å². The second kappa shape index (κ2) is 12.3. The van der Waals surface area contributed by atoms with Crippen molar-refractivity contribution >= 4 is 39.2 Å². The smallest absolute Gasteiger partial charge is 0.319 e. The molecule has 3 amide bonds. The predicted octanol–water partition coefficient (Wildman–Crippen LogP) is 3.41. The van der Waals surface area contributed by atoms with Crippen LogP contribution in [0.15, 0.2) is 47.4 Å². The van der Waals surface area contributed by atoms with Crippen molar-refractivity contribution in [3.05, 3.63) is 53.1 Å². The highest BCUT2D eigenvalue weighted by molar-refractivity contribution is 7.89. The molecule has 2 aromatic carbocycles. The van der Waals surface area contributed by atoms with Crippen LogP contribution >= 0.6 is 11.6 Å². The highest BCUT2D eigenvalue weighted by atomic mass is 35.5. The Hall–Kier alpha value is -2.86. The number of fused-ring (bicyclic) bond motifs is 1. The summed E-state index contributed by atoms with van der Waals surface area (Å²) in [5, 5.41) is 15.7. The van der Waals surface area contributed by atoms with Crippen LogP contribution in [0.5, 0.6) is 5.75 Å². The molecule has 10 nitrogen and oxygen atoms in total. The number of urea groups is 1. The predicted molar refractivity (Wildman–Crippen MR) is 146 cm³/mol. The molecule has 0 fully saturated rings. The number of nitrogens with zero attached hydrogens (tertiary/aromatic N) is 2. The van der Waals surface area contributed by atoms with Gasteiger partial charge in [0.15, 0.2) is 5.75 Å². The number of rotatable bonds is 8. The number of nitrogens with one attached hydrogen (secondary N) is 2. The summed E-state index contributed by atoms with van der Waals surface area (Å²) in [4.78, 5) is 27.7. The van der Waals surface area contributed by atoms with Crippen LogP contribution in [-0.2, 0) is 10.0 Å². The number of amides is 3. The fourth-order valence-electron chi connectivity index (χ4n) is 4.12. The molecule has 3 rings (SSSR count). The van der Waals surface area contributed by atoms with E-state index >= 15 is 0 Å². The van der Waals surface area contributed by atoms with Crippen LogP contribution in [0, 0.1) is 5.92 Å². The van der Waals surface area contributed by atoms with Crippen LogP contribution in [0.25, 0.3) is 0 Å². The fraction of sp³-hybridized carbons (Fsp3) is 0.462. The number of anilines is 1. The first-order valence-electron chi connectivity index (χ1n) is 12.4. The van der Waals surface area contributed by atoms with Crippen molar-refractivity contribution in [1.82, 2.24) is 14.5 Å². The molecule has 2 aromatic rings. The first kappa shape index (κ1) is 29.7. The number of ether oxygens (including phenoxy) is 1. The van der Waals surface area contributed by atoms with Gasteiger partial charge in [-0.25, -0.2) is 13.2 Å². The molecule has 0 radical (unpaired) electrons. The number of hydrogen-bond donors (Lipinski definition) is 3. The average Bonchev–Trinajstić information content (AvgIpc) is 2.85. The van der Waals surface area contributed by atoms with Crippen LogP contribution < -0.4 is 15.4 Å². The number of benzene rings is 2. The molecule has 12 heteroatoms. The first-order chi connectivity index (χ1) is 17.8. The van der Waals surface area contributed by atoms with E-state index in [-0.39, 0.29) is 59.5 Å². The van der Waals surface area contributed by atoms with Crippen molar-refractivity contribution in [2.24, 2.45) is 5.92 Å². The number of hydrogen-bond acceptors (Lipinski definition) is 6. The third-order valence-electron chi connectivity index (χ3n) is 6.32. The molecular formula is C26H35ClN4O6S.